The molecule has 0 aromatic rings. The SMILES string of the molecule is CCS(=O)(=O)CCCC1=CC(O)CCCC1. The van der Waals surface area contributed by atoms with Crippen molar-refractivity contribution in [1.29, 1.82) is 0 Å². The summed E-state index contributed by atoms with van der Waals surface area (Å²) >= 11 is 0. The highest BCUT2D eigenvalue weighted by Gasteiger charge is 2.11. The van der Waals surface area contributed by atoms with Gasteiger partial charge in [-0.3, -0.25) is 0 Å². The van der Waals surface area contributed by atoms with E-state index in [9.17, 15) is 13.5 Å². The van der Waals surface area contributed by atoms with Gasteiger partial charge < -0.3 is 5.11 Å². The molecule has 0 spiro atoms. The van der Waals surface area contributed by atoms with E-state index < -0.39 is 9.84 Å². The molecule has 1 rings (SSSR count). The molecular weight excluding hydrogens is 224 g/mol. The average molecular weight is 246 g/mol. The number of hydrogen-bond acceptors (Lipinski definition) is 3. The van der Waals surface area contributed by atoms with Crippen LogP contribution in [0, 0.1) is 0 Å². The first-order valence-electron chi connectivity index (χ1n) is 6.11. The smallest absolute Gasteiger partial charge is 0.150 e. The number of aliphatic hydroxyl groups is 1. The van der Waals surface area contributed by atoms with E-state index in [-0.39, 0.29) is 17.6 Å². The average Bonchev–Trinajstić information content (AvgIpc) is 2.43. The summed E-state index contributed by atoms with van der Waals surface area (Å²) in [5, 5.41) is 9.57. The van der Waals surface area contributed by atoms with Crippen LogP contribution in [-0.4, -0.2) is 31.1 Å². The number of allylic oxidation sites excluding steroid dienone is 1. The van der Waals surface area contributed by atoms with Crippen LogP contribution in [0.15, 0.2) is 11.6 Å². The predicted molar refractivity (Wildman–Crippen MR) is 66.1 cm³/mol. The third kappa shape index (κ3) is 5.12. The maximum Gasteiger partial charge on any atom is 0.150 e. The number of hydrogen-bond donors (Lipinski definition) is 1. The molecule has 0 radical (unpaired) electrons. The highest BCUT2D eigenvalue weighted by molar-refractivity contribution is 7.91. The Bertz CT molecular complexity index is 330. The molecule has 1 aliphatic rings. The zero-order valence-electron chi connectivity index (χ0n) is 9.98. The van der Waals surface area contributed by atoms with Crippen molar-refractivity contribution in [2.24, 2.45) is 0 Å². The van der Waals surface area contributed by atoms with Crippen molar-refractivity contribution in [3.05, 3.63) is 11.6 Å². The van der Waals surface area contributed by atoms with Crippen LogP contribution in [0.4, 0.5) is 0 Å². The first-order valence-corrected chi connectivity index (χ1v) is 7.93. The molecule has 0 aliphatic heterocycles. The normalized spacial score (nSPS) is 22.6. The Balaban J connectivity index is 2.37. The Kier molecular flexibility index (Phi) is 5.49. The predicted octanol–water partition coefficient (Wildman–Crippen LogP) is 2.06. The van der Waals surface area contributed by atoms with Gasteiger partial charge in [-0.15, -0.1) is 0 Å². The summed E-state index contributed by atoms with van der Waals surface area (Å²) in [5.74, 6) is 0.506. The monoisotopic (exact) mass is 246 g/mol. The minimum Gasteiger partial charge on any atom is -0.389 e. The fourth-order valence-corrected chi connectivity index (χ4v) is 2.89. The highest BCUT2D eigenvalue weighted by Crippen LogP contribution is 2.21. The van der Waals surface area contributed by atoms with E-state index in [0.717, 1.165) is 32.1 Å². The molecule has 0 aromatic carbocycles. The first-order chi connectivity index (χ1) is 7.53. The van der Waals surface area contributed by atoms with Crippen molar-refractivity contribution < 1.29 is 13.5 Å². The Morgan fingerprint density at radius 1 is 1.44 bits per heavy atom. The molecule has 1 N–H and O–H groups in total. The van der Waals surface area contributed by atoms with Crippen molar-refractivity contribution >= 4 is 9.84 Å². The summed E-state index contributed by atoms with van der Waals surface area (Å²) < 4.78 is 22.6. The van der Waals surface area contributed by atoms with Gasteiger partial charge in [-0.05, 0) is 32.1 Å². The van der Waals surface area contributed by atoms with Crippen LogP contribution in [0.1, 0.15) is 45.4 Å². The van der Waals surface area contributed by atoms with Gasteiger partial charge in [0.25, 0.3) is 0 Å². The van der Waals surface area contributed by atoms with Gasteiger partial charge in [-0.2, -0.15) is 0 Å². The molecule has 3 nitrogen and oxygen atoms in total. The molecule has 0 aromatic heterocycles. The minimum atomic E-state index is -2.83. The fraction of sp³-hybridized carbons (Fsp3) is 0.833. The molecule has 1 atom stereocenters. The first kappa shape index (κ1) is 13.7. The van der Waals surface area contributed by atoms with Crippen molar-refractivity contribution in [2.75, 3.05) is 11.5 Å². The van der Waals surface area contributed by atoms with E-state index >= 15 is 0 Å². The Morgan fingerprint density at radius 2 is 2.19 bits per heavy atom. The third-order valence-corrected chi connectivity index (χ3v) is 4.86. The van der Waals surface area contributed by atoms with Gasteiger partial charge in [-0.1, -0.05) is 25.0 Å². The van der Waals surface area contributed by atoms with Crippen LogP contribution in [-0.2, 0) is 9.84 Å². The standard InChI is InChI=1S/C12H22O3S/c1-2-16(14,15)9-5-7-11-6-3-4-8-12(13)10-11/h10,12-13H,2-9H2,1H3. The van der Waals surface area contributed by atoms with Gasteiger partial charge >= 0.3 is 0 Å². The molecule has 1 unspecified atom stereocenters. The summed E-state index contributed by atoms with van der Waals surface area (Å²) in [6, 6.07) is 0. The van der Waals surface area contributed by atoms with Crippen LogP contribution >= 0.6 is 0 Å². The topological polar surface area (TPSA) is 54.4 Å². The summed E-state index contributed by atoms with van der Waals surface area (Å²) in [5.41, 5.74) is 1.23. The maximum atomic E-state index is 11.3. The molecule has 0 heterocycles. The molecule has 0 saturated carbocycles. The van der Waals surface area contributed by atoms with Crippen molar-refractivity contribution in [2.45, 2.75) is 51.6 Å². The Labute approximate surface area is 98.5 Å². The quantitative estimate of drug-likeness (QED) is 0.755. The lowest BCUT2D eigenvalue weighted by molar-refractivity contribution is 0.211. The van der Waals surface area contributed by atoms with E-state index in [0.29, 0.717) is 6.42 Å². The van der Waals surface area contributed by atoms with E-state index in [1.807, 2.05) is 6.08 Å². The second-order valence-electron chi connectivity index (χ2n) is 4.48. The summed E-state index contributed by atoms with van der Waals surface area (Å²) in [7, 11) is -2.83. The fourth-order valence-electron chi connectivity index (χ4n) is 2.02. The van der Waals surface area contributed by atoms with Crippen molar-refractivity contribution in [1.82, 2.24) is 0 Å². The lowest BCUT2D eigenvalue weighted by atomic mass is 10.1. The van der Waals surface area contributed by atoms with Gasteiger partial charge in [0.2, 0.25) is 0 Å². The number of rotatable bonds is 5. The van der Waals surface area contributed by atoms with Crippen molar-refractivity contribution in [3.8, 4) is 0 Å². The zero-order chi connectivity index (χ0) is 12.0. The lowest BCUT2D eigenvalue weighted by Crippen LogP contribution is -2.08. The van der Waals surface area contributed by atoms with Crippen LogP contribution in [0.2, 0.25) is 0 Å². The summed E-state index contributed by atoms with van der Waals surface area (Å²) in [4.78, 5) is 0. The third-order valence-electron chi connectivity index (χ3n) is 3.07. The molecule has 4 heteroatoms. The largest absolute Gasteiger partial charge is 0.389 e. The van der Waals surface area contributed by atoms with Gasteiger partial charge in [0.15, 0.2) is 0 Å². The summed E-state index contributed by atoms with van der Waals surface area (Å²) in [6.07, 6.45) is 7.15. The second kappa shape index (κ2) is 6.40. The maximum absolute atomic E-state index is 11.3. The van der Waals surface area contributed by atoms with Gasteiger partial charge in [0.05, 0.1) is 11.9 Å². The minimum absolute atomic E-state index is 0.231. The van der Waals surface area contributed by atoms with E-state index in [1.54, 1.807) is 6.92 Å². The van der Waals surface area contributed by atoms with E-state index in [2.05, 4.69) is 0 Å². The van der Waals surface area contributed by atoms with E-state index in [1.165, 1.54) is 5.57 Å². The molecule has 94 valence electrons. The molecule has 16 heavy (non-hydrogen) atoms. The van der Waals surface area contributed by atoms with Gasteiger partial charge in [0.1, 0.15) is 9.84 Å². The second-order valence-corrected chi connectivity index (χ2v) is 6.95. The molecule has 1 aliphatic carbocycles. The van der Waals surface area contributed by atoms with E-state index in [4.69, 9.17) is 0 Å². The van der Waals surface area contributed by atoms with Crippen LogP contribution < -0.4 is 0 Å². The van der Waals surface area contributed by atoms with Crippen molar-refractivity contribution in [3.63, 3.8) is 0 Å². The van der Waals surface area contributed by atoms with Crippen LogP contribution in [0.5, 0.6) is 0 Å². The Hall–Kier alpha value is -0.350. The molecule has 0 bridgehead atoms. The van der Waals surface area contributed by atoms with Crippen LogP contribution in [0.3, 0.4) is 0 Å². The lowest BCUT2D eigenvalue weighted by Gasteiger charge is -2.06. The molecule has 0 fully saturated rings. The number of aliphatic hydroxyl groups excluding tert-OH is 1. The molecular formula is C12H22O3S. The van der Waals surface area contributed by atoms with Gasteiger partial charge in [-0.25, -0.2) is 8.42 Å². The number of sulfone groups is 1. The molecule has 0 amide bonds. The Morgan fingerprint density at radius 3 is 2.88 bits per heavy atom. The van der Waals surface area contributed by atoms with Gasteiger partial charge in [0, 0.05) is 5.75 Å². The highest BCUT2D eigenvalue weighted by atomic mass is 32.2. The molecule has 0 saturated heterocycles. The summed E-state index contributed by atoms with van der Waals surface area (Å²) in [6.45, 7) is 1.68. The van der Waals surface area contributed by atoms with Crippen LogP contribution in [0.25, 0.3) is 0 Å². The zero-order valence-corrected chi connectivity index (χ0v) is 10.8.